The van der Waals surface area contributed by atoms with E-state index in [1.54, 1.807) is 12.3 Å². The molecule has 4 unspecified atom stereocenters. The third-order valence-corrected chi connectivity index (χ3v) is 9.37. The van der Waals surface area contributed by atoms with Crippen molar-refractivity contribution < 1.29 is 38.1 Å². The van der Waals surface area contributed by atoms with Crippen molar-refractivity contribution in [2.24, 2.45) is 17.6 Å². The first-order valence-electron chi connectivity index (χ1n) is 18.8. The van der Waals surface area contributed by atoms with Gasteiger partial charge in [0.15, 0.2) is 0 Å². The van der Waals surface area contributed by atoms with Gasteiger partial charge in [0, 0.05) is 56.0 Å². The van der Waals surface area contributed by atoms with Gasteiger partial charge in [-0.3, -0.25) is 19.8 Å². The molecule has 0 aliphatic rings. The van der Waals surface area contributed by atoms with E-state index < -0.39 is 30.1 Å². The van der Waals surface area contributed by atoms with Gasteiger partial charge in [-0.2, -0.15) is 0 Å². The van der Waals surface area contributed by atoms with Gasteiger partial charge in [0.2, 0.25) is 11.8 Å². The lowest BCUT2D eigenvalue weighted by Gasteiger charge is -2.36. The Hall–Kier alpha value is -3.63. The van der Waals surface area contributed by atoms with Gasteiger partial charge in [-0.1, -0.05) is 71.4 Å². The van der Waals surface area contributed by atoms with Crippen LogP contribution in [-0.2, 0) is 35.0 Å². The van der Waals surface area contributed by atoms with Crippen molar-refractivity contribution in [3.8, 4) is 0 Å². The molecular weight excluding hydrogens is 701 g/mol. The molecule has 0 saturated heterocycles. The fourth-order valence-corrected chi connectivity index (χ4v) is 6.43. The van der Waals surface area contributed by atoms with E-state index in [1.165, 1.54) is 11.3 Å². The molecule has 15 heteroatoms. The highest BCUT2D eigenvalue weighted by atomic mass is 32.1. The maximum atomic E-state index is 13.7. The van der Waals surface area contributed by atoms with Crippen LogP contribution in [0.2, 0.25) is 0 Å². The van der Waals surface area contributed by atoms with Crippen LogP contribution in [0.25, 0.3) is 0 Å². The molecule has 53 heavy (non-hydrogen) atoms. The van der Waals surface area contributed by atoms with Crippen molar-refractivity contribution in [3.05, 3.63) is 52.0 Å². The molecule has 2 rings (SSSR count). The number of rotatable bonds is 26. The minimum absolute atomic E-state index is 0.00956. The molecule has 1 heterocycles. The number of thiazole rings is 1. The number of amides is 4. The Morgan fingerprint density at radius 1 is 0.925 bits per heavy atom. The summed E-state index contributed by atoms with van der Waals surface area (Å²) in [6.45, 7) is 14.0. The average Bonchev–Trinajstić information content (AvgIpc) is 3.64. The highest BCUT2D eigenvalue weighted by Gasteiger charge is 2.32. The van der Waals surface area contributed by atoms with Gasteiger partial charge in [-0.15, -0.1) is 11.3 Å². The average molecular weight is 763 g/mol. The zero-order valence-electron chi connectivity index (χ0n) is 32.4. The van der Waals surface area contributed by atoms with Crippen LogP contribution in [0.15, 0.2) is 35.7 Å². The lowest BCUT2D eigenvalue weighted by Crippen LogP contribution is -2.46. The number of nitrogens with zero attached hydrogens (tertiary/aromatic N) is 2. The molecule has 0 bridgehead atoms. The molecule has 5 N–H and O–H groups in total. The summed E-state index contributed by atoms with van der Waals surface area (Å²) in [5, 5.41) is 5.46. The second kappa shape index (κ2) is 26.2. The van der Waals surface area contributed by atoms with E-state index in [2.05, 4.69) is 36.9 Å². The van der Waals surface area contributed by atoms with Crippen LogP contribution >= 0.6 is 11.3 Å². The lowest BCUT2D eigenvalue weighted by atomic mass is 9.95. The highest BCUT2D eigenvalue weighted by Crippen LogP contribution is 2.31. The SMILES string of the molecule is CCCCC(=O)N(COCC)C(CC(OCCC)c1nc(C(=O)NC(Cc2ccccc2)CC(C)C(=O)NNC(=O)OCCOCCN)cs1)C(C)C. The van der Waals surface area contributed by atoms with E-state index in [4.69, 9.17) is 29.7 Å². The highest BCUT2D eigenvalue weighted by molar-refractivity contribution is 7.09. The number of carbonyl (C=O) groups is 4. The van der Waals surface area contributed by atoms with Gasteiger partial charge in [-0.25, -0.2) is 15.2 Å². The second-order valence-corrected chi connectivity index (χ2v) is 14.1. The zero-order chi connectivity index (χ0) is 39.0. The van der Waals surface area contributed by atoms with Crippen LogP contribution in [0, 0.1) is 11.8 Å². The fourth-order valence-electron chi connectivity index (χ4n) is 5.57. The number of ether oxygens (including phenoxy) is 4. The molecular formula is C38H62N6O8S. The summed E-state index contributed by atoms with van der Waals surface area (Å²) in [5.41, 5.74) is 11.2. The first kappa shape index (κ1) is 45.5. The van der Waals surface area contributed by atoms with Gasteiger partial charge >= 0.3 is 6.09 Å². The first-order valence-corrected chi connectivity index (χ1v) is 19.7. The third-order valence-electron chi connectivity index (χ3n) is 8.43. The minimum Gasteiger partial charge on any atom is -0.446 e. The number of carbonyl (C=O) groups excluding carboxylic acids is 4. The van der Waals surface area contributed by atoms with E-state index in [1.807, 2.05) is 49.1 Å². The number of hydrogen-bond donors (Lipinski definition) is 4. The smallest absolute Gasteiger partial charge is 0.426 e. The first-order chi connectivity index (χ1) is 25.5. The second-order valence-electron chi connectivity index (χ2n) is 13.2. The van der Waals surface area contributed by atoms with Crippen LogP contribution in [0.1, 0.15) is 107 Å². The van der Waals surface area contributed by atoms with E-state index in [-0.39, 0.29) is 55.8 Å². The molecule has 0 radical (unpaired) electrons. The molecule has 2 aromatic rings. The standard InChI is InChI=1S/C38H62N6O8S/c1-7-10-16-34(45)44(26-49-9-3)32(27(4)5)24-33(51-18-8-2)37-41-31(25-53-37)36(47)40-30(23-29-14-12-11-13-15-29)22-28(6)35(46)42-43-38(48)52-21-20-50-19-17-39/h11-15,25,27-28,30,32-33H,7-10,16-24,26,39H2,1-6H3,(H,40,47)(H,42,46)(H,43,48). The molecule has 1 aromatic carbocycles. The Balaban J connectivity index is 2.19. The van der Waals surface area contributed by atoms with Crippen LogP contribution in [0.4, 0.5) is 4.79 Å². The monoisotopic (exact) mass is 762 g/mol. The van der Waals surface area contributed by atoms with E-state index in [9.17, 15) is 19.2 Å². The van der Waals surface area contributed by atoms with Crippen molar-refractivity contribution in [2.45, 2.75) is 105 Å². The summed E-state index contributed by atoms with van der Waals surface area (Å²) in [7, 11) is 0. The maximum Gasteiger partial charge on any atom is 0.426 e. The summed E-state index contributed by atoms with van der Waals surface area (Å²) in [5.74, 6) is -1.22. The summed E-state index contributed by atoms with van der Waals surface area (Å²) in [6.07, 6.45) is 2.99. The lowest BCUT2D eigenvalue weighted by molar-refractivity contribution is -0.143. The van der Waals surface area contributed by atoms with E-state index in [0.29, 0.717) is 50.6 Å². The Labute approximate surface area is 319 Å². The number of hydrazine groups is 1. The summed E-state index contributed by atoms with van der Waals surface area (Å²) < 4.78 is 22.2. The quantitative estimate of drug-likeness (QED) is 0.0569. The molecule has 0 aliphatic carbocycles. The van der Waals surface area contributed by atoms with Crippen molar-refractivity contribution in [3.63, 3.8) is 0 Å². The van der Waals surface area contributed by atoms with E-state index >= 15 is 0 Å². The summed E-state index contributed by atoms with van der Waals surface area (Å²) in [4.78, 5) is 58.5. The Bertz CT molecular complexity index is 1350. The molecule has 1 aromatic heterocycles. The molecule has 298 valence electrons. The fraction of sp³-hybridized carbons (Fsp3) is 0.658. The van der Waals surface area contributed by atoms with Crippen molar-refractivity contribution in [1.82, 2.24) is 26.1 Å². The number of hydrogen-bond acceptors (Lipinski definition) is 11. The Kier molecular flexibility index (Phi) is 22.5. The molecule has 0 saturated carbocycles. The number of nitrogens with one attached hydrogen (secondary N) is 3. The largest absolute Gasteiger partial charge is 0.446 e. The predicted octanol–water partition coefficient (Wildman–Crippen LogP) is 5.14. The number of benzene rings is 1. The normalized spacial score (nSPS) is 13.5. The molecule has 14 nitrogen and oxygen atoms in total. The molecule has 4 atom stereocenters. The van der Waals surface area contributed by atoms with Crippen molar-refractivity contribution in [2.75, 3.05) is 46.3 Å². The topological polar surface area (TPSA) is 183 Å². The molecule has 0 spiro atoms. The summed E-state index contributed by atoms with van der Waals surface area (Å²) in [6, 6.07) is 9.08. The zero-order valence-corrected chi connectivity index (χ0v) is 33.2. The van der Waals surface area contributed by atoms with Crippen LogP contribution in [0.5, 0.6) is 0 Å². The predicted molar refractivity (Wildman–Crippen MR) is 205 cm³/mol. The van der Waals surface area contributed by atoms with Crippen LogP contribution in [-0.4, -0.2) is 92.1 Å². The maximum absolute atomic E-state index is 13.7. The molecule has 0 aliphatic heterocycles. The van der Waals surface area contributed by atoms with Gasteiger partial charge < -0.3 is 34.9 Å². The molecule has 0 fully saturated rings. The molecule has 4 amide bonds. The van der Waals surface area contributed by atoms with Crippen molar-refractivity contribution in [1.29, 1.82) is 0 Å². The number of nitrogens with two attached hydrogens (primary N) is 1. The number of aromatic nitrogens is 1. The van der Waals surface area contributed by atoms with Crippen LogP contribution < -0.4 is 21.9 Å². The van der Waals surface area contributed by atoms with Gasteiger partial charge in [-0.05, 0) is 44.1 Å². The number of unbranched alkanes of at least 4 members (excludes halogenated alkanes) is 1. The minimum atomic E-state index is -0.818. The third kappa shape index (κ3) is 17.4. The van der Waals surface area contributed by atoms with Gasteiger partial charge in [0.25, 0.3) is 5.91 Å². The van der Waals surface area contributed by atoms with E-state index in [0.717, 1.165) is 24.8 Å². The summed E-state index contributed by atoms with van der Waals surface area (Å²) >= 11 is 1.35. The van der Waals surface area contributed by atoms with Crippen LogP contribution in [0.3, 0.4) is 0 Å². The van der Waals surface area contributed by atoms with Gasteiger partial charge in [0.05, 0.1) is 13.2 Å². The van der Waals surface area contributed by atoms with Crippen molar-refractivity contribution >= 4 is 35.2 Å². The van der Waals surface area contributed by atoms with Gasteiger partial charge in [0.1, 0.15) is 30.1 Å². The Morgan fingerprint density at radius 2 is 1.68 bits per heavy atom. The Morgan fingerprint density at radius 3 is 2.34 bits per heavy atom.